The van der Waals surface area contributed by atoms with Crippen molar-refractivity contribution in [1.29, 1.82) is 0 Å². The van der Waals surface area contributed by atoms with Gasteiger partial charge in [-0.2, -0.15) is 0 Å². The predicted octanol–water partition coefficient (Wildman–Crippen LogP) is 5.85. The van der Waals surface area contributed by atoms with Gasteiger partial charge in [-0.05, 0) is 32.4 Å². The molecule has 0 fully saturated rings. The minimum Gasteiger partial charge on any atom is -0.302 e. The van der Waals surface area contributed by atoms with Crippen LogP contribution >= 0.6 is 0 Å². The maximum atomic E-state index is 3.79. The Bertz CT molecular complexity index is 271. The second-order valence-electron chi connectivity index (χ2n) is 4.06. The molecule has 1 heterocycles. The van der Waals surface area contributed by atoms with Crippen molar-refractivity contribution in [3.05, 3.63) is 35.5 Å². The summed E-state index contributed by atoms with van der Waals surface area (Å²) in [6.45, 7) is 18.5. The lowest BCUT2D eigenvalue weighted by molar-refractivity contribution is 0.346. The predicted molar refractivity (Wildman–Crippen MR) is 92.8 cm³/mol. The minimum atomic E-state index is 0. The van der Waals surface area contributed by atoms with Crippen molar-refractivity contribution in [3.8, 4) is 0 Å². The standard InChI is InChI=1S/C13H21N.2C2H6.CH4/c1-5-11(3)9-13-7-8-14(4)10-12(13)6-2;2*1-2;/h5,9H,1,6-8,10H2,2-4H3;2*1-2H3;1H4/b11-9-;;;. The van der Waals surface area contributed by atoms with Crippen molar-refractivity contribution >= 4 is 0 Å². The van der Waals surface area contributed by atoms with Gasteiger partial charge >= 0.3 is 0 Å². The first kappa shape index (κ1) is 23.3. The van der Waals surface area contributed by atoms with Crippen LogP contribution < -0.4 is 0 Å². The molecule has 0 saturated heterocycles. The van der Waals surface area contributed by atoms with Gasteiger partial charge in [-0.25, -0.2) is 0 Å². The maximum Gasteiger partial charge on any atom is 0.0195 e. The van der Waals surface area contributed by atoms with Gasteiger partial charge in [-0.1, -0.05) is 71.9 Å². The summed E-state index contributed by atoms with van der Waals surface area (Å²) in [4.78, 5) is 2.39. The van der Waals surface area contributed by atoms with E-state index in [2.05, 4.69) is 38.5 Å². The first-order valence-electron chi connectivity index (χ1n) is 7.37. The van der Waals surface area contributed by atoms with Crippen LogP contribution in [0.15, 0.2) is 35.5 Å². The van der Waals surface area contributed by atoms with E-state index in [1.54, 1.807) is 5.57 Å². The first-order valence-corrected chi connectivity index (χ1v) is 7.37. The van der Waals surface area contributed by atoms with Gasteiger partial charge in [0.15, 0.2) is 0 Å². The van der Waals surface area contributed by atoms with Crippen LogP contribution in [0.2, 0.25) is 0 Å². The second-order valence-corrected chi connectivity index (χ2v) is 4.06. The summed E-state index contributed by atoms with van der Waals surface area (Å²) < 4.78 is 0. The molecule has 114 valence electrons. The SMILES string of the molecule is C.C=C/C(C)=C\C1=C(CC)CN(C)CC1.CC.CC. The van der Waals surface area contributed by atoms with Crippen LogP contribution in [-0.2, 0) is 0 Å². The van der Waals surface area contributed by atoms with E-state index in [0.29, 0.717) is 0 Å². The molecule has 0 aromatic heterocycles. The van der Waals surface area contributed by atoms with Crippen LogP contribution in [0, 0.1) is 0 Å². The Kier molecular flexibility index (Phi) is 18.7. The van der Waals surface area contributed by atoms with E-state index >= 15 is 0 Å². The largest absolute Gasteiger partial charge is 0.302 e. The molecule has 1 aliphatic heterocycles. The van der Waals surface area contributed by atoms with E-state index in [4.69, 9.17) is 0 Å². The lowest BCUT2D eigenvalue weighted by atomic mass is 9.96. The summed E-state index contributed by atoms with van der Waals surface area (Å²) >= 11 is 0. The van der Waals surface area contributed by atoms with Gasteiger partial charge in [0.1, 0.15) is 0 Å². The van der Waals surface area contributed by atoms with Gasteiger partial charge < -0.3 is 4.90 Å². The molecule has 1 heteroatoms. The normalized spacial score (nSPS) is 15.4. The Balaban J connectivity index is -0.000000467. The summed E-state index contributed by atoms with van der Waals surface area (Å²) in [5, 5.41) is 0. The molecule has 0 bridgehead atoms. The lowest BCUT2D eigenvalue weighted by Gasteiger charge is -2.26. The number of rotatable bonds is 3. The van der Waals surface area contributed by atoms with E-state index in [1.165, 1.54) is 30.5 Å². The monoisotopic (exact) mass is 267 g/mol. The maximum absolute atomic E-state index is 3.79. The van der Waals surface area contributed by atoms with Crippen LogP contribution in [0.5, 0.6) is 0 Å². The molecular weight excluding hydrogens is 230 g/mol. The van der Waals surface area contributed by atoms with Gasteiger partial charge in [-0.3, -0.25) is 0 Å². The highest BCUT2D eigenvalue weighted by molar-refractivity contribution is 5.34. The van der Waals surface area contributed by atoms with E-state index < -0.39 is 0 Å². The van der Waals surface area contributed by atoms with Crippen LogP contribution in [0.3, 0.4) is 0 Å². The highest BCUT2D eigenvalue weighted by Crippen LogP contribution is 2.21. The summed E-state index contributed by atoms with van der Waals surface area (Å²) in [5.74, 6) is 0. The highest BCUT2D eigenvalue weighted by Gasteiger charge is 2.12. The zero-order valence-electron chi connectivity index (χ0n) is 13.6. The Hall–Kier alpha value is -0.820. The summed E-state index contributed by atoms with van der Waals surface area (Å²) in [7, 11) is 2.19. The quantitative estimate of drug-likeness (QED) is 0.580. The first-order chi connectivity index (χ1) is 8.67. The van der Waals surface area contributed by atoms with Gasteiger partial charge in [0, 0.05) is 13.1 Å². The fraction of sp³-hybridized carbons (Fsp3) is 0.667. The smallest absolute Gasteiger partial charge is 0.0195 e. The van der Waals surface area contributed by atoms with Crippen LogP contribution in [0.1, 0.15) is 61.8 Å². The lowest BCUT2D eigenvalue weighted by Crippen LogP contribution is -2.27. The average molecular weight is 268 g/mol. The van der Waals surface area contributed by atoms with Gasteiger partial charge in [0.05, 0.1) is 0 Å². The zero-order chi connectivity index (χ0) is 14.6. The molecule has 19 heavy (non-hydrogen) atoms. The van der Waals surface area contributed by atoms with Gasteiger partial charge in [0.25, 0.3) is 0 Å². The van der Waals surface area contributed by atoms with Crippen molar-refractivity contribution in [2.75, 3.05) is 20.1 Å². The fourth-order valence-electron chi connectivity index (χ4n) is 1.84. The van der Waals surface area contributed by atoms with E-state index in [1.807, 2.05) is 33.8 Å². The molecular formula is C18H37N. The molecule has 1 aliphatic rings. The van der Waals surface area contributed by atoms with Crippen LogP contribution in [0.4, 0.5) is 0 Å². The number of hydrogen-bond acceptors (Lipinski definition) is 1. The topological polar surface area (TPSA) is 3.24 Å². The third kappa shape index (κ3) is 9.72. The minimum absolute atomic E-state index is 0. The van der Waals surface area contributed by atoms with Crippen molar-refractivity contribution in [2.45, 2.75) is 61.8 Å². The molecule has 0 unspecified atom stereocenters. The van der Waals surface area contributed by atoms with Crippen molar-refractivity contribution in [1.82, 2.24) is 4.90 Å². The Morgan fingerprint density at radius 2 is 1.79 bits per heavy atom. The average Bonchev–Trinajstić information content (AvgIpc) is 2.45. The number of allylic oxidation sites excluding steroid dienone is 3. The van der Waals surface area contributed by atoms with Crippen molar-refractivity contribution < 1.29 is 0 Å². The summed E-state index contributed by atoms with van der Waals surface area (Å²) in [6, 6.07) is 0. The van der Waals surface area contributed by atoms with Crippen molar-refractivity contribution in [2.24, 2.45) is 0 Å². The van der Waals surface area contributed by atoms with Crippen LogP contribution in [0.25, 0.3) is 0 Å². The summed E-state index contributed by atoms with van der Waals surface area (Å²) in [6.07, 6.45) is 6.57. The molecule has 1 rings (SSSR count). The Labute approximate surface area is 123 Å². The van der Waals surface area contributed by atoms with E-state index in [9.17, 15) is 0 Å². The molecule has 0 aliphatic carbocycles. The van der Waals surface area contributed by atoms with E-state index in [-0.39, 0.29) is 7.43 Å². The van der Waals surface area contributed by atoms with E-state index in [0.717, 1.165) is 6.54 Å². The van der Waals surface area contributed by atoms with Gasteiger partial charge in [0.2, 0.25) is 0 Å². The molecule has 0 saturated carbocycles. The number of likely N-dealkylation sites (N-methyl/N-ethyl adjacent to an activating group) is 1. The third-order valence-electron chi connectivity index (χ3n) is 2.83. The van der Waals surface area contributed by atoms with Crippen molar-refractivity contribution in [3.63, 3.8) is 0 Å². The molecule has 1 nitrogen and oxygen atoms in total. The highest BCUT2D eigenvalue weighted by atomic mass is 15.1. The molecule has 0 aromatic carbocycles. The number of nitrogens with zero attached hydrogens (tertiary/aromatic N) is 1. The molecule has 0 amide bonds. The Morgan fingerprint density at radius 3 is 2.21 bits per heavy atom. The Morgan fingerprint density at radius 1 is 1.26 bits per heavy atom. The molecule has 0 radical (unpaired) electrons. The summed E-state index contributed by atoms with van der Waals surface area (Å²) in [5.41, 5.74) is 4.39. The molecule has 0 atom stereocenters. The molecule has 0 aromatic rings. The third-order valence-corrected chi connectivity index (χ3v) is 2.83. The number of hydrogen-bond donors (Lipinski definition) is 0. The second kappa shape index (κ2) is 15.2. The molecule has 0 spiro atoms. The van der Waals surface area contributed by atoms with Gasteiger partial charge in [-0.15, -0.1) is 0 Å². The molecule has 0 N–H and O–H groups in total. The van der Waals surface area contributed by atoms with Crippen LogP contribution in [-0.4, -0.2) is 25.0 Å². The fourth-order valence-corrected chi connectivity index (χ4v) is 1.84. The zero-order valence-corrected chi connectivity index (χ0v) is 13.6.